The number of carbonyl (C=O) groups excluding carboxylic acids is 1. The molecule has 0 fully saturated rings. The van der Waals surface area contributed by atoms with E-state index in [0.29, 0.717) is 6.61 Å². The van der Waals surface area contributed by atoms with E-state index in [9.17, 15) is 4.79 Å². The highest BCUT2D eigenvalue weighted by atomic mass is 16.5. The molecular weight excluding hydrogens is 214 g/mol. The minimum atomic E-state index is -0.291. The lowest BCUT2D eigenvalue weighted by Crippen LogP contribution is -2.36. The molecule has 0 bridgehead atoms. The Morgan fingerprint density at radius 2 is 2.18 bits per heavy atom. The monoisotopic (exact) mass is 231 g/mol. The van der Waals surface area contributed by atoms with Crippen molar-refractivity contribution in [3.8, 4) is 0 Å². The van der Waals surface area contributed by atoms with Crippen LogP contribution in [0.15, 0.2) is 42.5 Å². The maximum absolute atomic E-state index is 11.8. The first-order valence-electron chi connectivity index (χ1n) is 5.97. The molecule has 0 amide bonds. The Labute approximate surface area is 101 Å². The molecule has 1 atom stereocenters. The Balaban J connectivity index is 1.84. The van der Waals surface area contributed by atoms with Crippen LogP contribution < -0.4 is 5.32 Å². The van der Waals surface area contributed by atoms with Crippen molar-refractivity contribution < 1.29 is 9.53 Å². The second-order valence-electron chi connectivity index (χ2n) is 4.10. The summed E-state index contributed by atoms with van der Waals surface area (Å²) in [6, 6.07) is 9.43. The van der Waals surface area contributed by atoms with Gasteiger partial charge in [0.05, 0.1) is 0 Å². The van der Waals surface area contributed by atoms with Crippen LogP contribution in [-0.2, 0) is 16.1 Å². The van der Waals surface area contributed by atoms with Gasteiger partial charge in [0.15, 0.2) is 0 Å². The van der Waals surface area contributed by atoms with Crippen LogP contribution in [0.4, 0.5) is 0 Å². The van der Waals surface area contributed by atoms with Crippen LogP contribution in [0.25, 0.3) is 0 Å². The van der Waals surface area contributed by atoms with E-state index in [0.717, 1.165) is 24.9 Å². The molecule has 0 radical (unpaired) electrons. The van der Waals surface area contributed by atoms with Gasteiger partial charge in [0.2, 0.25) is 0 Å². The molecule has 90 valence electrons. The lowest BCUT2D eigenvalue weighted by atomic mass is 10.2. The molecule has 0 aromatic heterocycles. The summed E-state index contributed by atoms with van der Waals surface area (Å²) in [7, 11) is 0. The summed E-state index contributed by atoms with van der Waals surface area (Å²) in [5, 5.41) is 3.16. The van der Waals surface area contributed by atoms with E-state index in [1.54, 1.807) is 0 Å². The molecule has 0 spiro atoms. The smallest absolute Gasteiger partial charge is 0.327 e. The topological polar surface area (TPSA) is 38.3 Å². The summed E-state index contributed by atoms with van der Waals surface area (Å²) in [5.41, 5.74) is 1.01. The molecule has 1 aliphatic rings. The second-order valence-corrected chi connectivity index (χ2v) is 4.10. The standard InChI is InChI=1S/C14H17NO2/c16-14(13-9-5-2-6-10-15-13)17-11-12-7-3-1-4-8-12/h1,3-5,7-9,13,15H,2,6,10-11H2. The zero-order valence-electron chi connectivity index (χ0n) is 9.76. The van der Waals surface area contributed by atoms with Gasteiger partial charge in [0, 0.05) is 0 Å². The molecule has 0 saturated heterocycles. The zero-order valence-corrected chi connectivity index (χ0v) is 9.76. The van der Waals surface area contributed by atoms with Crippen molar-refractivity contribution in [2.24, 2.45) is 0 Å². The highest BCUT2D eigenvalue weighted by Crippen LogP contribution is 2.05. The van der Waals surface area contributed by atoms with Crippen LogP contribution in [0.3, 0.4) is 0 Å². The normalized spacial score (nSPS) is 19.6. The van der Waals surface area contributed by atoms with Gasteiger partial charge in [0.25, 0.3) is 0 Å². The van der Waals surface area contributed by atoms with Gasteiger partial charge < -0.3 is 10.1 Å². The zero-order chi connectivity index (χ0) is 11.9. The van der Waals surface area contributed by atoms with Gasteiger partial charge in [0.1, 0.15) is 12.6 Å². The fraction of sp³-hybridized carbons (Fsp3) is 0.357. The average Bonchev–Trinajstić information content (AvgIpc) is 2.66. The summed E-state index contributed by atoms with van der Waals surface area (Å²) >= 11 is 0. The van der Waals surface area contributed by atoms with E-state index in [2.05, 4.69) is 5.32 Å². The number of esters is 1. The summed E-state index contributed by atoms with van der Waals surface area (Å²) < 4.78 is 5.27. The van der Waals surface area contributed by atoms with Gasteiger partial charge in [-0.05, 0) is 24.9 Å². The molecule has 1 heterocycles. The van der Waals surface area contributed by atoms with E-state index >= 15 is 0 Å². The van der Waals surface area contributed by atoms with Crippen molar-refractivity contribution in [3.63, 3.8) is 0 Å². The predicted molar refractivity (Wildman–Crippen MR) is 66.4 cm³/mol. The Morgan fingerprint density at radius 3 is 3.00 bits per heavy atom. The Morgan fingerprint density at radius 1 is 1.35 bits per heavy atom. The summed E-state index contributed by atoms with van der Waals surface area (Å²) in [6.45, 7) is 1.20. The highest BCUT2D eigenvalue weighted by Gasteiger charge is 2.17. The van der Waals surface area contributed by atoms with Crippen molar-refractivity contribution in [2.45, 2.75) is 25.5 Å². The highest BCUT2D eigenvalue weighted by molar-refractivity contribution is 5.78. The third-order valence-electron chi connectivity index (χ3n) is 2.72. The number of allylic oxidation sites excluding steroid dienone is 1. The predicted octanol–water partition coefficient (Wildman–Crippen LogP) is 2.04. The fourth-order valence-electron chi connectivity index (χ4n) is 1.76. The van der Waals surface area contributed by atoms with Crippen molar-refractivity contribution in [1.29, 1.82) is 0 Å². The van der Waals surface area contributed by atoms with E-state index in [4.69, 9.17) is 4.74 Å². The molecule has 17 heavy (non-hydrogen) atoms. The largest absolute Gasteiger partial charge is 0.459 e. The van der Waals surface area contributed by atoms with Gasteiger partial charge >= 0.3 is 5.97 Å². The maximum Gasteiger partial charge on any atom is 0.327 e. The number of rotatable bonds is 3. The number of nitrogens with one attached hydrogen (secondary N) is 1. The van der Waals surface area contributed by atoms with Crippen LogP contribution in [-0.4, -0.2) is 18.6 Å². The van der Waals surface area contributed by atoms with E-state index in [-0.39, 0.29) is 12.0 Å². The molecular formula is C14H17NO2. The van der Waals surface area contributed by atoms with Gasteiger partial charge in [-0.1, -0.05) is 42.5 Å². The van der Waals surface area contributed by atoms with Crippen LogP contribution in [0.1, 0.15) is 18.4 Å². The van der Waals surface area contributed by atoms with Crippen LogP contribution in [0.2, 0.25) is 0 Å². The van der Waals surface area contributed by atoms with Crippen molar-refractivity contribution in [3.05, 3.63) is 48.0 Å². The third kappa shape index (κ3) is 3.71. The molecule has 1 unspecified atom stereocenters. The van der Waals surface area contributed by atoms with Crippen molar-refractivity contribution in [1.82, 2.24) is 5.32 Å². The average molecular weight is 231 g/mol. The number of ether oxygens (including phenoxy) is 1. The lowest BCUT2D eigenvalue weighted by molar-refractivity contribution is -0.146. The minimum Gasteiger partial charge on any atom is -0.459 e. The Bertz CT molecular complexity index is 386. The van der Waals surface area contributed by atoms with Crippen LogP contribution in [0.5, 0.6) is 0 Å². The summed E-state index contributed by atoms with van der Waals surface area (Å²) in [5.74, 6) is -0.202. The molecule has 1 aliphatic heterocycles. The summed E-state index contributed by atoms with van der Waals surface area (Å²) in [4.78, 5) is 11.8. The number of hydrogen-bond donors (Lipinski definition) is 1. The Hall–Kier alpha value is -1.61. The van der Waals surface area contributed by atoms with Crippen LogP contribution >= 0.6 is 0 Å². The molecule has 2 rings (SSSR count). The van der Waals surface area contributed by atoms with Crippen LogP contribution in [0, 0.1) is 0 Å². The number of benzene rings is 1. The van der Waals surface area contributed by atoms with Gasteiger partial charge in [-0.3, -0.25) is 0 Å². The first kappa shape index (κ1) is 11.9. The fourth-order valence-corrected chi connectivity index (χ4v) is 1.76. The molecule has 1 aromatic carbocycles. The first-order chi connectivity index (χ1) is 8.36. The third-order valence-corrected chi connectivity index (χ3v) is 2.72. The van der Waals surface area contributed by atoms with Gasteiger partial charge in [-0.2, -0.15) is 0 Å². The molecule has 1 N–H and O–H groups in total. The molecule has 0 saturated carbocycles. The second kappa shape index (κ2) is 6.21. The quantitative estimate of drug-likeness (QED) is 0.639. The summed E-state index contributed by atoms with van der Waals surface area (Å²) in [6.07, 6.45) is 6.02. The lowest BCUT2D eigenvalue weighted by Gasteiger charge is -2.12. The molecule has 3 nitrogen and oxygen atoms in total. The van der Waals surface area contributed by atoms with Gasteiger partial charge in [-0.15, -0.1) is 0 Å². The van der Waals surface area contributed by atoms with E-state index < -0.39 is 0 Å². The SMILES string of the molecule is O=C(OCc1ccccc1)C1C=CCCCN1. The molecule has 1 aromatic rings. The maximum atomic E-state index is 11.8. The first-order valence-corrected chi connectivity index (χ1v) is 5.97. The molecule has 0 aliphatic carbocycles. The van der Waals surface area contributed by atoms with E-state index in [1.165, 1.54) is 0 Å². The van der Waals surface area contributed by atoms with Crippen molar-refractivity contribution in [2.75, 3.05) is 6.54 Å². The van der Waals surface area contributed by atoms with Gasteiger partial charge in [-0.25, -0.2) is 4.79 Å². The van der Waals surface area contributed by atoms with Crippen molar-refractivity contribution >= 4 is 5.97 Å². The molecule has 3 heteroatoms. The minimum absolute atomic E-state index is 0.202. The Kier molecular flexibility index (Phi) is 4.33. The number of hydrogen-bond acceptors (Lipinski definition) is 3. The van der Waals surface area contributed by atoms with E-state index in [1.807, 2.05) is 42.5 Å². The number of carbonyl (C=O) groups is 1.